The number of aromatic carboxylic acids is 1. The van der Waals surface area contributed by atoms with Gasteiger partial charge in [0.15, 0.2) is 10.8 Å². The summed E-state index contributed by atoms with van der Waals surface area (Å²) in [6, 6.07) is 0. The summed E-state index contributed by atoms with van der Waals surface area (Å²) in [7, 11) is 0. The molecule has 1 aliphatic heterocycles. The molecular weight excluding hydrogens is 218 g/mol. The maximum absolute atomic E-state index is 10.7. The van der Waals surface area contributed by atoms with E-state index in [9.17, 15) is 4.79 Å². The Morgan fingerprint density at radius 3 is 2.67 bits per heavy atom. The fourth-order valence-electron chi connectivity index (χ4n) is 1.60. The number of nitrogens with zero attached hydrogens (tertiary/aromatic N) is 3. The van der Waals surface area contributed by atoms with Crippen molar-refractivity contribution in [3.05, 3.63) is 17.0 Å². The van der Waals surface area contributed by atoms with Gasteiger partial charge < -0.3 is 10.0 Å². The SMILES string of the molecule is O=C(O)c1ncc(N2CCCC2)nc1Cl. The van der Waals surface area contributed by atoms with Gasteiger partial charge in [-0.2, -0.15) is 0 Å². The summed E-state index contributed by atoms with van der Waals surface area (Å²) in [5, 5.41) is 8.67. The molecule has 1 fully saturated rings. The molecule has 0 amide bonds. The number of carboxylic acid groups (broad SMARTS) is 1. The van der Waals surface area contributed by atoms with Crippen LogP contribution in [0, 0.1) is 0 Å². The molecule has 0 unspecified atom stereocenters. The van der Waals surface area contributed by atoms with Crippen molar-refractivity contribution in [2.45, 2.75) is 12.8 Å². The lowest BCUT2D eigenvalue weighted by molar-refractivity contribution is 0.0690. The minimum absolute atomic E-state index is 0.0492. The van der Waals surface area contributed by atoms with Crippen LogP contribution in [0.15, 0.2) is 6.20 Å². The van der Waals surface area contributed by atoms with Crippen LogP contribution in [0.1, 0.15) is 23.3 Å². The highest BCUT2D eigenvalue weighted by molar-refractivity contribution is 6.32. The van der Waals surface area contributed by atoms with Gasteiger partial charge in [0.2, 0.25) is 0 Å². The third kappa shape index (κ3) is 2.02. The maximum atomic E-state index is 10.7. The summed E-state index contributed by atoms with van der Waals surface area (Å²) in [6.45, 7) is 1.86. The van der Waals surface area contributed by atoms with E-state index in [-0.39, 0.29) is 10.8 Å². The molecule has 0 atom stereocenters. The van der Waals surface area contributed by atoms with Gasteiger partial charge in [0.1, 0.15) is 5.82 Å². The van der Waals surface area contributed by atoms with Crippen LogP contribution in [-0.2, 0) is 0 Å². The van der Waals surface area contributed by atoms with Crippen LogP contribution >= 0.6 is 11.6 Å². The van der Waals surface area contributed by atoms with E-state index < -0.39 is 5.97 Å². The molecule has 0 saturated carbocycles. The molecule has 0 aromatic carbocycles. The van der Waals surface area contributed by atoms with Gasteiger partial charge in [-0.15, -0.1) is 0 Å². The Hall–Kier alpha value is -1.36. The molecule has 6 heteroatoms. The van der Waals surface area contributed by atoms with E-state index in [1.807, 2.05) is 4.90 Å². The number of carboxylic acids is 1. The molecule has 15 heavy (non-hydrogen) atoms. The first kappa shape index (κ1) is 10.2. The van der Waals surface area contributed by atoms with Crippen molar-refractivity contribution < 1.29 is 9.90 Å². The molecule has 1 N–H and O–H groups in total. The predicted octanol–water partition coefficient (Wildman–Crippen LogP) is 1.43. The number of halogens is 1. The number of rotatable bonds is 2. The summed E-state index contributed by atoms with van der Waals surface area (Å²) in [5.41, 5.74) is -0.195. The Labute approximate surface area is 91.7 Å². The zero-order valence-electron chi connectivity index (χ0n) is 7.98. The van der Waals surface area contributed by atoms with E-state index in [0.717, 1.165) is 25.9 Å². The Morgan fingerprint density at radius 1 is 1.47 bits per heavy atom. The average molecular weight is 228 g/mol. The second kappa shape index (κ2) is 4.02. The number of aromatic nitrogens is 2. The van der Waals surface area contributed by atoms with Crippen molar-refractivity contribution in [3.63, 3.8) is 0 Å². The minimum atomic E-state index is -1.15. The van der Waals surface area contributed by atoms with E-state index in [1.165, 1.54) is 6.20 Å². The zero-order valence-corrected chi connectivity index (χ0v) is 8.74. The van der Waals surface area contributed by atoms with Crippen molar-refractivity contribution in [1.82, 2.24) is 9.97 Å². The quantitative estimate of drug-likeness (QED) is 0.828. The number of anilines is 1. The first-order valence-electron chi connectivity index (χ1n) is 4.69. The second-order valence-electron chi connectivity index (χ2n) is 3.37. The average Bonchev–Trinajstić information content (AvgIpc) is 2.69. The van der Waals surface area contributed by atoms with Crippen LogP contribution in [0.25, 0.3) is 0 Å². The van der Waals surface area contributed by atoms with Gasteiger partial charge in [0, 0.05) is 13.1 Å². The van der Waals surface area contributed by atoms with Crippen molar-refractivity contribution in [3.8, 4) is 0 Å². The monoisotopic (exact) mass is 227 g/mol. The lowest BCUT2D eigenvalue weighted by Crippen LogP contribution is -2.20. The molecule has 0 bridgehead atoms. The third-order valence-electron chi connectivity index (χ3n) is 2.35. The van der Waals surface area contributed by atoms with Gasteiger partial charge in [-0.05, 0) is 12.8 Å². The van der Waals surface area contributed by atoms with Crippen LogP contribution in [0.3, 0.4) is 0 Å². The van der Waals surface area contributed by atoms with E-state index in [1.54, 1.807) is 0 Å². The van der Waals surface area contributed by atoms with Gasteiger partial charge in [0.25, 0.3) is 0 Å². The van der Waals surface area contributed by atoms with Crippen LogP contribution in [0.5, 0.6) is 0 Å². The highest BCUT2D eigenvalue weighted by Crippen LogP contribution is 2.20. The fraction of sp³-hybridized carbons (Fsp3) is 0.444. The molecule has 0 aliphatic carbocycles. The molecule has 1 aliphatic rings. The topological polar surface area (TPSA) is 66.3 Å². The van der Waals surface area contributed by atoms with Gasteiger partial charge >= 0.3 is 5.97 Å². The number of hydrogen-bond donors (Lipinski definition) is 1. The highest BCUT2D eigenvalue weighted by atomic mass is 35.5. The number of hydrogen-bond acceptors (Lipinski definition) is 4. The Kier molecular flexibility index (Phi) is 2.73. The molecule has 80 valence electrons. The maximum Gasteiger partial charge on any atom is 0.357 e. The molecule has 2 heterocycles. The van der Waals surface area contributed by atoms with Crippen molar-refractivity contribution in [2.75, 3.05) is 18.0 Å². The summed E-state index contributed by atoms with van der Waals surface area (Å²) in [4.78, 5) is 20.5. The summed E-state index contributed by atoms with van der Waals surface area (Å²) >= 11 is 5.72. The van der Waals surface area contributed by atoms with E-state index >= 15 is 0 Å². The Balaban J connectivity index is 2.28. The molecule has 5 nitrogen and oxygen atoms in total. The van der Waals surface area contributed by atoms with Crippen molar-refractivity contribution >= 4 is 23.4 Å². The number of carbonyl (C=O) groups is 1. The Bertz CT molecular complexity index is 391. The van der Waals surface area contributed by atoms with Gasteiger partial charge in [-0.25, -0.2) is 14.8 Å². The van der Waals surface area contributed by atoms with E-state index in [2.05, 4.69) is 9.97 Å². The summed E-state index contributed by atoms with van der Waals surface area (Å²) in [5.74, 6) is -0.497. The first-order chi connectivity index (χ1) is 7.18. The van der Waals surface area contributed by atoms with E-state index in [0.29, 0.717) is 5.82 Å². The second-order valence-corrected chi connectivity index (χ2v) is 3.72. The van der Waals surface area contributed by atoms with Gasteiger partial charge in [0.05, 0.1) is 6.20 Å². The highest BCUT2D eigenvalue weighted by Gasteiger charge is 2.17. The molecule has 0 radical (unpaired) electrons. The molecule has 2 rings (SSSR count). The van der Waals surface area contributed by atoms with E-state index in [4.69, 9.17) is 16.7 Å². The fourth-order valence-corrected chi connectivity index (χ4v) is 1.82. The smallest absolute Gasteiger partial charge is 0.357 e. The van der Waals surface area contributed by atoms with Crippen molar-refractivity contribution in [2.24, 2.45) is 0 Å². The standard InChI is InChI=1S/C9H10ClN3O2/c10-8-7(9(14)15)11-5-6(12-8)13-3-1-2-4-13/h5H,1-4H2,(H,14,15). The lowest BCUT2D eigenvalue weighted by Gasteiger charge is -2.15. The molecule has 1 aromatic rings. The van der Waals surface area contributed by atoms with Crippen LogP contribution in [0.4, 0.5) is 5.82 Å². The normalized spacial score (nSPS) is 15.7. The van der Waals surface area contributed by atoms with Crippen LogP contribution in [-0.4, -0.2) is 34.1 Å². The third-order valence-corrected chi connectivity index (χ3v) is 2.61. The van der Waals surface area contributed by atoms with Gasteiger partial charge in [-0.1, -0.05) is 11.6 Å². The van der Waals surface area contributed by atoms with Gasteiger partial charge in [-0.3, -0.25) is 0 Å². The van der Waals surface area contributed by atoms with Crippen molar-refractivity contribution in [1.29, 1.82) is 0 Å². The first-order valence-corrected chi connectivity index (χ1v) is 5.07. The largest absolute Gasteiger partial charge is 0.476 e. The predicted molar refractivity (Wildman–Crippen MR) is 55.4 cm³/mol. The molecular formula is C9H10ClN3O2. The molecule has 1 saturated heterocycles. The van der Waals surface area contributed by atoms with Crippen LogP contribution < -0.4 is 4.90 Å². The molecule has 0 spiro atoms. The Morgan fingerprint density at radius 2 is 2.13 bits per heavy atom. The summed E-state index contributed by atoms with van der Waals surface area (Å²) < 4.78 is 0. The zero-order chi connectivity index (χ0) is 10.8. The lowest BCUT2D eigenvalue weighted by atomic mass is 10.4. The van der Waals surface area contributed by atoms with Crippen LogP contribution in [0.2, 0.25) is 5.15 Å². The summed E-state index contributed by atoms with van der Waals surface area (Å²) in [6.07, 6.45) is 3.71. The molecule has 1 aromatic heterocycles. The minimum Gasteiger partial charge on any atom is -0.476 e.